The fraction of sp³-hybridized carbons (Fsp3) is 0.297. The Hall–Kier alpha value is -3.86. The lowest BCUT2D eigenvalue weighted by molar-refractivity contribution is -0.134. The Morgan fingerprint density at radius 3 is 2.32 bits per heavy atom. The summed E-state index contributed by atoms with van der Waals surface area (Å²) in [5, 5.41) is 2.11. The summed E-state index contributed by atoms with van der Waals surface area (Å²) in [5.74, 6) is 0.144. The van der Waals surface area contributed by atoms with Crippen LogP contribution < -0.4 is 0 Å². The Labute approximate surface area is 241 Å². The average molecular weight is 539 g/mol. The molecule has 41 heavy (non-hydrogen) atoms. The average Bonchev–Trinajstić information content (AvgIpc) is 3.42. The minimum atomic E-state index is -1.05. The van der Waals surface area contributed by atoms with Gasteiger partial charge in [-0.25, -0.2) is 0 Å². The normalized spacial score (nSPS) is 30.6. The Bertz CT molecular complexity index is 1720. The van der Waals surface area contributed by atoms with Crippen LogP contribution in [0, 0.1) is 5.41 Å². The smallest absolute Gasteiger partial charge is 0.189 e. The largest absolute Gasteiger partial charge is 0.301 e. The van der Waals surface area contributed by atoms with Crippen molar-refractivity contribution >= 4 is 28.4 Å². The molecule has 0 radical (unpaired) electrons. The van der Waals surface area contributed by atoms with Gasteiger partial charge in [-0.05, 0) is 60.0 Å². The second kappa shape index (κ2) is 9.07. The van der Waals surface area contributed by atoms with Crippen molar-refractivity contribution in [2.75, 3.05) is 26.7 Å². The van der Waals surface area contributed by atoms with Crippen molar-refractivity contribution in [3.05, 3.63) is 125 Å². The van der Waals surface area contributed by atoms with Crippen molar-refractivity contribution in [2.24, 2.45) is 5.41 Å². The third kappa shape index (κ3) is 3.18. The Morgan fingerprint density at radius 1 is 0.805 bits per heavy atom. The number of nitrogens with zero attached hydrogens (tertiary/aromatic N) is 2. The first-order chi connectivity index (χ1) is 20.1. The number of hydrogen-bond donors (Lipinski definition) is 0. The van der Waals surface area contributed by atoms with Crippen LogP contribution >= 0.6 is 0 Å². The first-order valence-electron chi connectivity index (χ1n) is 14.9. The third-order valence-corrected chi connectivity index (χ3v) is 10.4. The number of fused-ring (bicyclic) bond motifs is 4. The molecule has 0 amide bonds. The Morgan fingerprint density at radius 2 is 1.54 bits per heavy atom. The Balaban J connectivity index is 1.48. The number of hydrogen-bond acceptors (Lipinski definition) is 4. The lowest BCUT2D eigenvalue weighted by atomic mass is 9.54. The van der Waals surface area contributed by atoms with E-state index in [1.165, 1.54) is 5.56 Å². The Kier molecular flexibility index (Phi) is 5.51. The van der Waals surface area contributed by atoms with Gasteiger partial charge < -0.3 is 4.90 Å². The van der Waals surface area contributed by atoms with E-state index in [0.29, 0.717) is 13.1 Å². The summed E-state index contributed by atoms with van der Waals surface area (Å²) < 4.78 is 0. The van der Waals surface area contributed by atoms with Gasteiger partial charge in [-0.2, -0.15) is 0 Å². The molecule has 0 bridgehead atoms. The van der Waals surface area contributed by atoms with E-state index in [-0.39, 0.29) is 23.5 Å². The lowest BCUT2D eigenvalue weighted by Gasteiger charge is -2.52. The highest BCUT2D eigenvalue weighted by Gasteiger charge is 2.77. The van der Waals surface area contributed by atoms with Crippen LogP contribution in [0.25, 0.3) is 16.8 Å². The van der Waals surface area contributed by atoms with E-state index >= 15 is 9.59 Å². The van der Waals surface area contributed by atoms with E-state index in [1.54, 1.807) is 0 Å². The number of benzene rings is 4. The van der Waals surface area contributed by atoms with Gasteiger partial charge in [-0.15, -0.1) is 0 Å². The monoisotopic (exact) mass is 538 g/mol. The zero-order valence-corrected chi connectivity index (χ0v) is 23.4. The summed E-state index contributed by atoms with van der Waals surface area (Å²) in [6.07, 6.45) is 5.20. The number of Topliss-reactive ketones (excluding diaryl/α,β-unsaturated/α-hetero) is 2. The molecule has 4 atom stereocenters. The maximum absolute atomic E-state index is 15.5. The molecule has 8 rings (SSSR count). The van der Waals surface area contributed by atoms with E-state index in [9.17, 15) is 0 Å². The molecule has 3 heterocycles. The number of carbonyl (C=O) groups is 2. The van der Waals surface area contributed by atoms with Gasteiger partial charge in [-0.3, -0.25) is 14.5 Å². The molecule has 0 unspecified atom stereocenters. The zero-order valence-electron chi connectivity index (χ0n) is 23.4. The van der Waals surface area contributed by atoms with Crippen LogP contribution in [0.1, 0.15) is 52.2 Å². The first kappa shape index (κ1) is 24.9. The molecular formula is C37H34N2O2. The number of piperidine rings is 2. The van der Waals surface area contributed by atoms with Gasteiger partial charge >= 0.3 is 0 Å². The first-order valence-corrected chi connectivity index (χ1v) is 14.9. The standard InChI is InChI=1S/C37H34N2O2/c1-38-23-28(22-25-12-4-2-5-13-25)34(40)36(24-38)33(27-14-6-3-7-15-27)31-20-8-9-21-39(31)37(36)30-19-11-17-26-16-10-18-29(32(26)30)35(37)41/h2-7,10-19,22,31,33H,8-9,20-21,23-24H2,1H3/b28-22+/t31-,33-,36-,37-/m1/s1. The SMILES string of the molecule is CN1C/C(=C\c2ccccc2)C(=O)[C@@]2(C1)[C@H](c1ccccc1)[C@H]1CCCCN1[C@]21C(=O)c2cccc3cccc1c23. The van der Waals surface area contributed by atoms with Gasteiger partial charge in [0.2, 0.25) is 0 Å². The van der Waals surface area contributed by atoms with Crippen molar-refractivity contribution in [3.63, 3.8) is 0 Å². The maximum atomic E-state index is 15.5. The van der Waals surface area contributed by atoms with Gasteiger partial charge in [0, 0.05) is 36.2 Å². The number of carbonyl (C=O) groups excluding carboxylic acids is 2. The van der Waals surface area contributed by atoms with Crippen LogP contribution in [0.4, 0.5) is 0 Å². The van der Waals surface area contributed by atoms with Crippen LogP contribution in [0.15, 0.2) is 103 Å². The fourth-order valence-corrected chi connectivity index (χ4v) is 9.16. The fourth-order valence-electron chi connectivity index (χ4n) is 9.16. The summed E-state index contributed by atoms with van der Waals surface area (Å²) in [6.45, 7) is 1.93. The molecule has 2 spiro atoms. The molecule has 4 aliphatic rings. The zero-order chi connectivity index (χ0) is 27.8. The third-order valence-electron chi connectivity index (χ3n) is 10.4. The summed E-state index contributed by atoms with van der Waals surface area (Å²) >= 11 is 0. The molecule has 4 heteroatoms. The van der Waals surface area contributed by atoms with Crippen LogP contribution in [-0.2, 0) is 10.3 Å². The number of likely N-dealkylation sites (tertiary alicyclic amines) is 1. The topological polar surface area (TPSA) is 40.6 Å². The molecule has 1 aliphatic carbocycles. The molecular weight excluding hydrogens is 504 g/mol. The van der Waals surface area contributed by atoms with E-state index in [4.69, 9.17) is 0 Å². The molecule has 204 valence electrons. The number of ketones is 2. The highest BCUT2D eigenvalue weighted by molar-refractivity contribution is 6.24. The van der Waals surface area contributed by atoms with Crippen molar-refractivity contribution in [3.8, 4) is 0 Å². The molecule has 4 nitrogen and oxygen atoms in total. The predicted octanol–water partition coefficient (Wildman–Crippen LogP) is 6.47. The van der Waals surface area contributed by atoms with Crippen LogP contribution in [0.3, 0.4) is 0 Å². The predicted molar refractivity (Wildman–Crippen MR) is 163 cm³/mol. The summed E-state index contributed by atoms with van der Waals surface area (Å²) in [5.41, 5.74) is 2.75. The summed E-state index contributed by atoms with van der Waals surface area (Å²) in [4.78, 5) is 35.6. The number of rotatable bonds is 2. The molecule has 0 saturated carbocycles. The molecule has 4 aromatic carbocycles. The second-order valence-electron chi connectivity index (χ2n) is 12.4. The van der Waals surface area contributed by atoms with Gasteiger partial charge in [-0.1, -0.05) is 103 Å². The molecule has 0 aromatic heterocycles. The molecule has 3 fully saturated rings. The number of likely N-dealkylation sites (N-methyl/N-ethyl adjacent to an activating group) is 1. The van der Waals surface area contributed by atoms with E-state index < -0.39 is 11.0 Å². The van der Waals surface area contributed by atoms with Crippen molar-refractivity contribution < 1.29 is 9.59 Å². The summed E-state index contributed by atoms with van der Waals surface area (Å²) in [6, 6.07) is 33.3. The van der Waals surface area contributed by atoms with Crippen molar-refractivity contribution in [2.45, 2.75) is 36.8 Å². The second-order valence-corrected chi connectivity index (χ2v) is 12.4. The van der Waals surface area contributed by atoms with Crippen LogP contribution in [0.5, 0.6) is 0 Å². The lowest BCUT2D eigenvalue weighted by Crippen LogP contribution is -2.65. The van der Waals surface area contributed by atoms with Gasteiger partial charge in [0.25, 0.3) is 0 Å². The van der Waals surface area contributed by atoms with Crippen molar-refractivity contribution in [1.29, 1.82) is 0 Å². The van der Waals surface area contributed by atoms with Gasteiger partial charge in [0.1, 0.15) is 5.54 Å². The minimum Gasteiger partial charge on any atom is -0.301 e. The van der Waals surface area contributed by atoms with Crippen LogP contribution in [0.2, 0.25) is 0 Å². The minimum absolute atomic E-state index is 0.105. The molecule has 0 N–H and O–H groups in total. The maximum Gasteiger partial charge on any atom is 0.189 e. The molecule has 3 aliphatic heterocycles. The highest BCUT2D eigenvalue weighted by Crippen LogP contribution is 2.69. The summed E-state index contributed by atoms with van der Waals surface area (Å²) in [7, 11) is 2.12. The van der Waals surface area contributed by atoms with E-state index in [0.717, 1.165) is 58.8 Å². The molecule has 4 aromatic rings. The van der Waals surface area contributed by atoms with E-state index in [2.05, 4.69) is 83.6 Å². The van der Waals surface area contributed by atoms with Gasteiger partial charge in [0.15, 0.2) is 11.6 Å². The molecule has 3 saturated heterocycles. The highest BCUT2D eigenvalue weighted by atomic mass is 16.1. The van der Waals surface area contributed by atoms with Crippen LogP contribution in [-0.4, -0.2) is 54.1 Å². The van der Waals surface area contributed by atoms with E-state index in [1.807, 2.05) is 36.4 Å². The van der Waals surface area contributed by atoms with Gasteiger partial charge in [0.05, 0.1) is 5.41 Å². The quantitative estimate of drug-likeness (QED) is 0.275. The van der Waals surface area contributed by atoms with Crippen molar-refractivity contribution in [1.82, 2.24) is 9.80 Å².